The van der Waals surface area contributed by atoms with E-state index in [4.69, 9.17) is 18.9 Å². The van der Waals surface area contributed by atoms with Gasteiger partial charge in [-0.1, -0.05) is 48.5 Å². The molecule has 3 unspecified atom stereocenters. The molecule has 0 radical (unpaired) electrons. The summed E-state index contributed by atoms with van der Waals surface area (Å²) in [7, 11) is 0. The molecule has 7 nitrogen and oxygen atoms in total. The first-order valence-corrected chi connectivity index (χ1v) is 8.80. The van der Waals surface area contributed by atoms with Crippen LogP contribution >= 0.6 is 0 Å². The van der Waals surface area contributed by atoms with Crippen LogP contribution in [0.15, 0.2) is 60.7 Å². The fraction of sp³-hybridized carbons (Fsp3) is 0.350. The molecule has 3 saturated heterocycles. The van der Waals surface area contributed by atoms with Crippen LogP contribution in [0.2, 0.25) is 0 Å². The zero-order valence-electron chi connectivity index (χ0n) is 14.2. The van der Waals surface area contributed by atoms with Crippen LogP contribution in [-0.2, 0) is 24.9 Å². The summed E-state index contributed by atoms with van der Waals surface area (Å²) in [4.78, 5) is 12.5. The van der Waals surface area contributed by atoms with E-state index in [-0.39, 0.29) is 0 Å². The van der Waals surface area contributed by atoms with Crippen LogP contribution in [0.3, 0.4) is 0 Å². The number of hydrogen-bond donors (Lipinski definition) is 2. The Labute approximate surface area is 155 Å². The number of ether oxygens (including phenoxy) is 4. The Morgan fingerprint density at radius 3 is 1.93 bits per heavy atom. The van der Waals surface area contributed by atoms with Crippen molar-refractivity contribution in [1.29, 1.82) is 0 Å². The summed E-state index contributed by atoms with van der Waals surface area (Å²) in [5.41, 5.74) is 0.973. The molecular formula is C20H18O7. The fourth-order valence-electron chi connectivity index (χ4n) is 3.93. The third kappa shape index (κ3) is 2.51. The lowest BCUT2D eigenvalue weighted by molar-refractivity contribution is -0.547. The van der Waals surface area contributed by atoms with E-state index in [0.29, 0.717) is 11.1 Å². The Kier molecular flexibility index (Phi) is 3.82. The van der Waals surface area contributed by atoms with Crippen LogP contribution in [0, 0.1) is 0 Å². The van der Waals surface area contributed by atoms with Gasteiger partial charge >= 0.3 is 11.9 Å². The molecule has 2 aromatic carbocycles. The minimum Gasteiger partial charge on any atom is -0.453 e. The molecular weight excluding hydrogens is 352 g/mol. The quantitative estimate of drug-likeness (QED) is 0.777. The highest BCUT2D eigenvalue weighted by Gasteiger charge is 2.68. The van der Waals surface area contributed by atoms with Crippen molar-refractivity contribution in [1.82, 2.24) is 0 Å². The molecule has 3 heterocycles. The van der Waals surface area contributed by atoms with Gasteiger partial charge in [-0.2, -0.15) is 0 Å². The normalized spacial score (nSPS) is 39.3. The zero-order chi connectivity index (χ0) is 18.6. The number of benzene rings is 2. The summed E-state index contributed by atoms with van der Waals surface area (Å²) < 4.78 is 23.2. The minimum absolute atomic E-state index is 0.365. The van der Waals surface area contributed by atoms with Gasteiger partial charge in [0.2, 0.25) is 0 Å². The first-order valence-electron chi connectivity index (χ1n) is 8.80. The number of aliphatic hydroxyl groups excluding tert-OH is 2. The number of rotatable bonds is 3. The molecule has 4 fully saturated rings. The van der Waals surface area contributed by atoms with E-state index in [1.807, 2.05) is 18.2 Å². The van der Waals surface area contributed by atoms with Gasteiger partial charge < -0.3 is 29.2 Å². The highest BCUT2D eigenvalue weighted by atomic mass is 16.9. The third-order valence-corrected chi connectivity index (χ3v) is 5.25. The van der Waals surface area contributed by atoms with Crippen molar-refractivity contribution in [2.75, 3.05) is 0 Å². The highest BCUT2D eigenvalue weighted by molar-refractivity contribution is 5.89. The molecule has 2 aromatic rings. The van der Waals surface area contributed by atoms with Crippen LogP contribution < -0.4 is 0 Å². The molecule has 4 bridgehead atoms. The lowest BCUT2D eigenvalue weighted by Crippen LogP contribution is -2.78. The molecule has 4 aliphatic rings. The Morgan fingerprint density at radius 2 is 1.33 bits per heavy atom. The summed E-state index contributed by atoms with van der Waals surface area (Å²) in [6.07, 6.45) is -5.90. The molecule has 6 rings (SSSR count). The van der Waals surface area contributed by atoms with Gasteiger partial charge in [0.1, 0.15) is 30.5 Å². The smallest absolute Gasteiger partial charge is 0.338 e. The summed E-state index contributed by atoms with van der Waals surface area (Å²) in [6, 6.07) is 17.5. The Bertz CT molecular complexity index is 820. The lowest BCUT2D eigenvalue weighted by atomic mass is 9.81. The van der Waals surface area contributed by atoms with Gasteiger partial charge in [-0.05, 0) is 12.1 Å². The molecule has 0 spiro atoms. The molecule has 27 heavy (non-hydrogen) atoms. The second-order valence-electron chi connectivity index (χ2n) is 6.89. The maximum atomic E-state index is 12.5. The maximum absolute atomic E-state index is 12.5. The van der Waals surface area contributed by atoms with Gasteiger partial charge in [-0.15, -0.1) is 0 Å². The lowest BCUT2D eigenvalue weighted by Gasteiger charge is -2.60. The summed E-state index contributed by atoms with van der Waals surface area (Å²) >= 11 is 0. The number of aliphatic hydroxyl groups is 2. The predicted octanol–water partition coefficient (Wildman–Crippen LogP) is 0.941. The average Bonchev–Trinajstić information content (AvgIpc) is 2.72. The van der Waals surface area contributed by atoms with Crippen LogP contribution in [0.25, 0.3) is 0 Å². The standard InChI is InChI=1S/C20H18O7/c21-13-15-14(22)17-18(24-19(23)11-7-3-1-4-8-11)16(13)26-20(25-15,27-17)12-9-5-2-6-10-12/h1-10,13-18,21-22H/t13-,14+,15?,16+,17-,18?,20?. The number of hydrogen-bond acceptors (Lipinski definition) is 7. The first-order chi connectivity index (χ1) is 13.1. The molecule has 7 atom stereocenters. The van der Waals surface area contributed by atoms with Crippen LogP contribution in [-0.4, -0.2) is 52.8 Å². The van der Waals surface area contributed by atoms with E-state index in [1.54, 1.807) is 42.5 Å². The van der Waals surface area contributed by atoms with Crippen LogP contribution in [0.4, 0.5) is 0 Å². The van der Waals surface area contributed by atoms with Gasteiger partial charge in [0.25, 0.3) is 0 Å². The molecule has 3 aliphatic heterocycles. The predicted molar refractivity (Wildman–Crippen MR) is 90.4 cm³/mol. The second kappa shape index (κ2) is 6.12. The van der Waals surface area contributed by atoms with Gasteiger partial charge in [0.05, 0.1) is 5.56 Å². The third-order valence-electron chi connectivity index (χ3n) is 5.25. The zero-order valence-corrected chi connectivity index (χ0v) is 14.2. The van der Waals surface area contributed by atoms with Crippen LogP contribution in [0.5, 0.6) is 0 Å². The topological polar surface area (TPSA) is 94.5 Å². The van der Waals surface area contributed by atoms with Crippen LogP contribution in [0.1, 0.15) is 15.9 Å². The van der Waals surface area contributed by atoms with E-state index in [0.717, 1.165) is 0 Å². The van der Waals surface area contributed by atoms with E-state index in [9.17, 15) is 15.0 Å². The van der Waals surface area contributed by atoms with Gasteiger partial charge in [0, 0.05) is 5.56 Å². The van der Waals surface area contributed by atoms with Gasteiger partial charge in [-0.3, -0.25) is 0 Å². The molecule has 7 heteroatoms. The Balaban J connectivity index is 1.46. The molecule has 1 aliphatic carbocycles. The molecule has 2 N–H and O–H groups in total. The number of carbonyl (C=O) groups excluding carboxylic acids is 1. The Hall–Kier alpha value is -2.29. The first kappa shape index (κ1) is 16.9. The van der Waals surface area contributed by atoms with Crippen molar-refractivity contribution in [3.8, 4) is 0 Å². The van der Waals surface area contributed by atoms with Gasteiger partial charge in [-0.25, -0.2) is 4.79 Å². The number of carbonyl (C=O) groups is 1. The molecule has 140 valence electrons. The molecule has 0 aromatic heterocycles. The van der Waals surface area contributed by atoms with E-state index in [2.05, 4.69) is 0 Å². The van der Waals surface area contributed by atoms with E-state index >= 15 is 0 Å². The largest absolute Gasteiger partial charge is 0.453 e. The minimum atomic E-state index is -1.53. The van der Waals surface area contributed by atoms with Gasteiger partial charge in [0.15, 0.2) is 6.10 Å². The number of esters is 1. The van der Waals surface area contributed by atoms with Crippen molar-refractivity contribution in [3.63, 3.8) is 0 Å². The van der Waals surface area contributed by atoms with Crippen molar-refractivity contribution in [2.24, 2.45) is 0 Å². The molecule has 0 amide bonds. The van der Waals surface area contributed by atoms with Crippen molar-refractivity contribution >= 4 is 5.97 Å². The average molecular weight is 370 g/mol. The van der Waals surface area contributed by atoms with Crippen molar-refractivity contribution < 1.29 is 34.0 Å². The Morgan fingerprint density at radius 1 is 0.815 bits per heavy atom. The fourth-order valence-corrected chi connectivity index (χ4v) is 3.93. The SMILES string of the molecule is O=C(OC1[C@H]2OC3(c4ccccc4)OC([C@H]2O)[C@H](O)[C@H]1O3)c1ccccc1. The monoisotopic (exact) mass is 370 g/mol. The summed E-state index contributed by atoms with van der Waals surface area (Å²) in [6.45, 7) is 0. The summed E-state index contributed by atoms with van der Waals surface area (Å²) in [5, 5.41) is 21.1. The van der Waals surface area contributed by atoms with E-state index in [1.165, 1.54) is 0 Å². The van der Waals surface area contributed by atoms with E-state index < -0.39 is 48.6 Å². The van der Waals surface area contributed by atoms with Crippen molar-refractivity contribution in [2.45, 2.75) is 42.6 Å². The highest BCUT2D eigenvalue weighted by Crippen LogP contribution is 2.50. The summed E-state index contributed by atoms with van der Waals surface area (Å²) in [5.74, 6) is -2.11. The second-order valence-corrected chi connectivity index (χ2v) is 6.89. The molecule has 1 saturated carbocycles. The maximum Gasteiger partial charge on any atom is 0.338 e. The van der Waals surface area contributed by atoms with Crippen molar-refractivity contribution in [3.05, 3.63) is 71.8 Å².